The highest BCUT2D eigenvalue weighted by Gasteiger charge is 2.23. The summed E-state index contributed by atoms with van der Waals surface area (Å²) in [5.74, 6) is 0.983. The standard InChI is InChI=1S/C16H25NO2/c1-11-9-14(10-12(2)16(11)19-4)17(3)13-5-7-15(18)8-6-13/h9-10,13,15,18H,5-8H2,1-4H3. The van der Waals surface area contributed by atoms with Gasteiger partial charge in [-0.2, -0.15) is 0 Å². The van der Waals surface area contributed by atoms with E-state index in [1.54, 1.807) is 7.11 Å². The van der Waals surface area contributed by atoms with Crippen LogP contribution in [0.3, 0.4) is 0 Å². The summed E-state index contributed by atoms with van der Waals surface area (Å²) in [6.45, 7) is 4.18. The summed E-state index contributed by atoms with van der Waals surface area (Å²) >= 11 is 0. The molecule has 0 amide bonds. The van der Waals surface area contributed by atoms with E-state index in [-0.39, 0.29) is 6.10 Å². The largest absolute Gasteiger partial charge is 0.496 e. The monoisotopic (exact) mass is 263 g/mol. The average molecular weight is 263 g/mol. The first-order valence-electron chi connectivity index (χ1n) is 7.09. The Labute approximate surface area is 116 Å². The predicted molar refractivity (Wildman–Crippen MR) is 79.1 cm³/mol. The molecule has 0 aromatic heterocycles. The Balaban J connectivity index is 2.17. The fourth-order valence-corrected chi connectivity index (χ4v) is 3.11. The quantitative estimate of drug-likeness (QED) is 0.909. The van der Waals surface area contributed by atoms with E-state index >= 15 is 0 Å². The van der Waals surface area contributed by atoms with Gasteiger partial charge in [-0.25, -0.2) is 0 Å². The lowest BCUT2D eigenvalue weighted by molar-refractivity contribution is 0.122. The number of methoxy groups -OCH3 is 1. The summed E-state index contributed by atoms with van der Waals surface area (Å²) in [7, 11) is 3.88. The zero-order valence-corrected chi connectivity index (χ0v) is 12.4. The molecule has 0 bridgehead atoms. The minimum atomic E-state index is -0.0935. The molecule has 2 rings (SSSR count). The molecule has 3 heteroatoms. The zero-order chi connectivity index (χ0) is 14.0. The Morgan fingerprint density at radius 1 is 1.11 bits per heavy atom. The van der Waals surface area contributed by atoms with Crippen molar-refractivity contribution in [2.75, 3.05) is 19.1 Å². The van der Waals surface area contributed by atoms with E-state index in [4.69, 9.17) is 4.74 Å². The van der Waals surface area contributed by atoms with Crippen LogP contribution < -0.4 is 9.64 Å². The van der Waals surface area contributed by atoms with Crippen molar-refractivity contribution in [1.29, 1.82) is 0 Å². The van der Waals surface area contributed by atoms with Gasteiger partial charge in [0.2, 0.25) is 0 Å². The third-order valence-corrected chi connectivity index (χ3v) is 4.27. The van der Waals surface area contributed by atoms with Crippen LogP contribution in [-0.4, -0.2) is 31.4 Å². The number of benzene rings is 1. The van der Waals surface area contributed by atoms with Crippen molar-refractivity contribution in [1.82, 2.24) is 0 Å². The molecule has 1 aliphatic rings. The first-order valence-corrected chi connectivity index (χ1v) is 7.09. The number of aryl methyl sites for hydroxylation is 2. The molecular formula is C16H25NO2. The SMILES string of the molecule is COc1c(C)cc(N(C)C2CCC(O)CC2)cc1C. The van der Waals surface area contributed by atoms with Crippen LogP contribution >= 0.6 is 0 Å². The first kappa shape index (κ1) is 14.2. The third-order valence-electron chi connectivity index (χ3n) is 4.27. The van der Waals surface area contributed by atoms with Gasteiger partial charge in [0.25, 0.3) is 0 Å². The number of aliphatic hydroxyl groups is 1. The second-order valence-corrected chi connectivity index (χ2v) is 5.69. The van der Waals surface area contributed by atoms with Crippen LogP contribution in [0.1, 0.15) is 36.8 Å². The number of hydrogen-bond donors (Lipinski definition) is 1. The predicted octanol–water partition coefficient (Wildman–Crippen LogP) is 3.05. The topological polar surface area (TPSA) is 32.7 Å². The number of aliphatic hydroxyl groups excluding tert-OH is 1. The highest BCUT2D eigenvalue weighted by molar-refractivity contribution is 5.56. The highest BCUT2D eigenvalue weighted by Crippen LogP contribution is 2.32. The number of rotatable bonds is 3. The van der Waals surface area contributed by atoms with E-state index < -0.39 is 0 Å². The van der Waals surface area contributed by atoms with E-state index in [1.807, 2.05) is 0 Å². The summed E-state index contributed by atoms with van der Waals surface area (Å²) in [5, 5.41) is 9.60. The summed E-state index contributed by atoms with van der Waals surface area (Å²) < 4.78 is 5.42. The smallest absolute Gasteiger partial charge is 0.124 e. The summed E-state index contributed by atoms with van der Waals surface area (Å²) in [4.78, 5) is 2.35. The van der Waals surface area contributed by atoms with Gasteiger partial charge in [-0.3, -0.25) is 0 Å². The summed E-state index contributed by atoms with van der Waals surface area (Å²) in [5.41, 5.74) is 3.61. The van der Waals surface area contributed by atoms with Gasteiger partial charge < -0.3 is 14.7 Å². The normalized spacial score (nSPS) is 23.2. The maximum Gasteiger partial charge on any atom is 0.124 e. The van der Waals surface area contributed by atoms with Crippen LogP contribution in [0.2, 0.25) is 0 Å². The zero-order valence-electron chi connectivity index (χ0n) is 12.4. The number of ether oxygens (including phenoxy) is 1. The second-order valence-electron chi connectivity index (χ2n) is 5.69. The molecule has 1 aliphatic carbocycles. The number of anilines is 1. The Bertz CT molecular complexity index is 413. The lowest BCUT2D eigenvalue weighted by Gasteiger charge is -2.35. The fourth-order valence-electron chi connectivity index (χ4n) is 3.11. The van der Waals surface area contributed by atoms with Crippen molar-refractivity contribution < 1.29 is 9.84 Å². The van der Waals surface area contributed by atoms with E-state index in [2.05, 4.69) is 37.9 Å². The molecule has 0 aliphatic heterocycles. The van der Waals surface area contributed by atoms with E-state index in [1.165, 1.54) is 16.8 Å². The molecule has 0 heterocycles. The molecule has 1 fully saturated rings. The van der Waals surface area contributed by atoms with E-state index in [0.29, 0.717) is 6.04 Å². The van der Waals surface area contributed by atoms with Gasteiger partial charge in [-0.15, -0.1) is 0 Å². The van der Waals surface area contributed by atoms with Crippen LogP contribution in [0.25, 0.3) is 0 Å². The molecule has 106 valence electrons. The lowest BCUT2D eigenvalue weighted by atomic mass is 9.92. The van der Waals surface area contributed by atoms with Crippen LogP contribution in [0, 0.1) is 13.8 Å². The van der Waals surface area contributed by atoms with Crippen molar-refractivity contribution >= 4 is 5.69 Å². The minimum Gasteiger partial charge on any atom is -0.496 e. The van der Waals surface area contributed by atoms with Crippen LogP contribution in [-0.2, 0) is 0 Å². The van der Waals surface area contributed by atoms with Crippen molar-refractivity contribution in [3.8, 4) is 5.75 Å². The van der Waals surface area contributed by atoms with Gasteiger partial charge in [0.1, 0.15) is 5.75 Å². The molecular weight excluding hydrogens is 238 g/mol. The van der Waals surface area contributed by atoms with E-state index in [0.717, 1.165) is 31.4 Å². The molecule has 1 N–H and O–H groups in total. The van der Waals surface area contributed by atoms with Crippen LogP contribution in [0.5, 0.6) is 5.75 Å². The number of nitrogens with zero attached hydrogens (tertiary/aromatic N) is 1. The van der Waals surface area contributed by atoms with Crippen molar-refractivity contribution in [2.45, 2.75) is 51.7 Å². The molecule has 19 heavy (non-hydrogen) atoms. The highest BCUT2D eigenvalue weighted by atomic mass is 16.5. The van der Waals surface area contributed by atoms with Crippen molar-refractivity contribution in [3.05, 3.63) is 23.3 Å². The Hall–Kier alpha value is -1.22. The first-order chi connectivity index (χ1) is 9.02. The lowest BCUT2D eigenvalue weighted by Crippen LogP contribution is -2.36. The number of hydrogen-bond acceptors (Lipinski definition) is 3. The van der Waals surface area contributed by atoms with Crippen molar-refractivity contribution in [3.63, 3.8) is 0 Å². The maximum atomic E-state index is 9.60. The average Bonchev–Trinajstić information content (AvgIpc) is 2.38. The van der Waals surface area contributed by atoms with Gasteiger partial charge in [-0.1, -0.05) is 0 Å². The summed E-state index contributed by atoms with van der Waals surface area (Å²) in [6, 6.07) is 4.92. The van der Waals surface area contributed by atoms with Crippen LogP contribution in [0.15, 0.2) is 12.1 Å². The van der Waals surface area contributed by atoms with Gasteiger partial charge in [-0.05, 0) is 62.8 Å². The molecule has 0 unspecified atom stereocenters. The summed E-state index contributed by atoms with van der Waals surface area (Å²) in [6.07, 6.45) is 3.89. The molecule has 0 radical (unpaired) electrons. The molecule has 0 atom stereocenters. The third kappa shape index (κ3) is 3.03. The Morgan fingerprint density at radius 2 is 1.63 bits per heavy atom. The van der Waals surface area contributed by atoms with Gasteiger partial charge in [0.05, 0.1) is 13.2 Å². The van der Waals surface area contributed by atoms with E-state index in [9.17, 15) is 5.11 Å². The Morgan fingerprint density at radius 3 is 2.11 bits per heavy atom. The molecule has 1 aromatic rings. The molecule has 1 aromatic carbocycles. The van der Waals surface area contributed by atoms with Gasteiger partial charge in [0, 0.05) is 18.8 Å². The maximum absolute atomic E-state index is 9.60. The van der Waals surface area contributed by atoms with Gasteiger partial charge >= 0.3 is 0 Å². The molecule has 1 saturated carbocycles. The minimum absolute atomic E-state index is 0.0935. The second kappa shape index (κ2) is 5.83. The van der Waals surface area contributed by atoms with Crippen LogP contribution in [0.4, 0.5) is 5.69 Å². The molecule has 0 spiro atoms. The molecule has 0 saturated heterocycles. The molecule has 3 nitrogen and oxygen atoms in total. The fraction of sp³-hybridized carbons (Fsp3) is 0.625. The Kier molecular flexibility index (Phi) is 4.35. The van der Waals surface area contributed by atoms with Gasteiger partial charge in [0.15, 0.2) is 0 Å². The van der Waals surface area contributed by atoms with Crippen molar-refractivity contribution in [2.24, 2.45) is 0 Å².